The summed E-state index contributed by atoms with van der Waals surface area (Å²) in [5.74, 6) is 0.932. The Hall–Kier alpha value is -3.15. The van der Waals surface area contributed by atoms with Gasteiger partial charge in [-0.25, -0.2) is 0 Å². The first-order valence-corrected chi connectivity index (χ1v) is 7.91. The van der Waals surface area contributed by atoms with E-state index in [1.165, 1.54) is 18.2 Å². The summed E-state index contributed by atoms with van der Waals surface area (Å²) >= 11 is 0. The number of rotatable bonds is 8. The fourth-order valence-electron chi connectivity index (χ4n) is 2.18. The number of ether oxygens (including phenoxy) is 2. The maximum atomic E-state index is 12.3. The topological polar surface area (TPSA) is 78.7 Å². The van der Waals surface area contributed by atoms with Crippen LogP contribution in [0.2, 0.25) is 0 Å². The van der Waals surface area contributed by atoms with Gasteiger partial charge in [-0.1, -0.05) is 6.08 Å². The van der Waals surface area contributed by atoms with Crippen molar-refractivity contribution in [3.05, 3.63) is 69.8 Å². The van der Waals surface area contributed by atoms with Gasteiger partial charge < -0.3 is 9.47 Å². The predicted octanol–water partition coefficient (Wildman–Crippen LogP) is 4.29. The molecular weight excluding hydrogens is 322 g/mol. The first kappa shape index (κ1) is 18.2. The van der Waals surface area contributed by atoms with Crippen molar-refractivity contribution in [3.63, 3.8) is 0 Å². The van der Waals surface area contributed by atoms with Crippen molar-refractivity contribution >= 4 is 17.5 Å². The molecule has 0 spiro atoms. The van der Waals surface area contributed by atoms with Gasteiger partial charge in [0.25, 0.3) is 5.69 Å². The van der Waals surface area contributed by atoms with Gasteiger partial charge in [0.15, 0.2) is 17.3 Å². The molecule has 0 unspecified atom stereocenters. The Kier molecular flexibility index (Phi) is 6.28. The van der Waals surface area contributed by atoms with Crippen LogP contribution in [0.15, 0.2) is 48.5 Å². The largest absolute Gasteiger partial charge is 0.490 e. The Bertz CT molecular complexity index is 781. The van der Waals surface area contributed by atoms with Crippen molar-refractivity contribution in [3.8, 4) is 11.5 Å². The second-order valence-corrected chi connectivity index (χ2v) is 5.07. The van der Waals surface area contributed by atoms with Crippen LogP contribution < -0.4 is 9.47 Å². The lowest BCUT2D eigenvalue weighted by molar-refractivity contribution is -0.384. The van der Waals surface area contributed by atoms with Gasteiger partial charge in [-0.2, -0.15) is 0 Å². The van der Waals surface area contributed by atoms with Gasteiger partial charge in [0, 0.05) is 17.7 Å². The highest BCUT2D eigenvalue weighted by molar-refractivity contribution is 6.07. The van der Waals surface area contributed by atoms with E-state index in [0.717, 1.165) is 0 Å². The summed E-state index contributed by atoms with van der Waals surface area (Å²) in [4.78, 5) is 22.5. The van der Waals surface area contributed by atoms with Crippen LogP contribution >= 0.6 is 0 Å². The fraction of sp³-hybridized carbons (Fsp3) is 0.211. The standard InChI is InChI=1S/C19H19NO5/c1-3-24-18-12-8-15(13-19(18)25-4-2)17(21)11-7-14-5-9-16(10-6-14)20(22)23/h5-13H,3-4H2,1-2H3/b11-7+. The molecule has 0 N–H and O–H groups in total. The lowest BCUT2D eigenvalue weighted by Crippen LogP contribution is -2.01. The molecule has 6 nitrogen and oxygen atoms in total. The van der Waals surface area contributed by atoms with Gasteiger partial charge in [0.05, 0.1) is 18.1 Å². The highest BCUT2D eigenvalue weighted by Gasteiger charge is 2.10. The molecule has 6 heteroatoms. The number of hydrogen-bond acceptors (Lipinski definition) is 5. The number of nitro benzene ring substituents is 1. The summed E-state index contributed by atoms with van der Waals surface area (Å²) in [7, 11) is 0. The van der Waals surface area contributed by atoms with Crippen molar-refractivity contribution in [1.82, 2.24) is 0 Å². The minimum Gasteiger partial charge on any atom is -0.490 e. The zero-order chi connectivity index (χ0) is 18.2. The maximum Gasteiger partial charge on any atom is 0.269 e. The molecule has 0 aliphatic carbocycles. The summed E-state index contributed by atoms with van der Waals surface area (Å²) < 4.78 is 11.0. The lowest BCUT2D eigenvalue weighted by atomic mass is 10.1. The van der Waals surface area contributed by atoms with E-state index >= 15 is 0 Å². The number of nitro groups is 1. The van der Waals surface area contributed by atoms with Gasteiger partial charge in [-0.15, -0.1) is 0 Å². The van der Waals surface area contributed by atoms with Gasteiger partial charge in [-0.05, 0) is 55.8 Å². The molecule has 25 heavy (non-hydrogen) atoms. The molecule has 0 aromatic heterocycles. The Balaban J connectivity index is 2.16. The Morgan fingerprint density at radius 1 is 1.04 bits per heavy atom. The third-order valence-corrected chi connectivity index (χ3v) is 3.36. The monoisotopic (exact) mass is 341 g/mol. The minimum absolute atomic E-state index is 0.0105. The van der Waals surface area contributed by atoms with Crippen LogP contribution in [0.25, 0.3) is 6.08 Å². The molecule has 0 aliphatic rings. The number of non-ortho nitro benzene ring substituents is 1. The summed E-state index contributed by atoms with van der Waals surface area (Å²) in [6, 6.07) is 11.0. The summed E-state index contributed by atoms with van der Waals surface area (Å²) in [5, 5.41) is 10.6. The molecule has 0 fully saturated rings. The van der Waals surface area contributed by atoms with E-state index in [1.807, 2.05) is 13.8 Å². The van der Waals surface area contributed by atoms with Crippen LogP contribution in [0.4, 0.5) is 5.69 Å². The molecule has 0 amide bonds. The number of hydrogen-bond donors (Lipinski definition) is 0. The molecule has 0 heterocycles. The summed E-state index contributed by atoms with van der Waals surface area (Å²) in [6.45, 7) is 4.71. The number of carbonyl (C=O) groups excluding carboxylic acids is 1. The van der Waals surface area contributed by atoms with E-state index in [4.69, 9.17) is 9.47 Å². The van der Waals surface area contributed by atoms with Crippen LogP contribution in [0.3, 0.4) is 0 Å². The molecule has 0 saturated heterocycles. The number of benzene rings is 2. The van der Waals surface area contributed by atoms with E-state index in [0.29, 0.717) is 35.8 Å². The van der Waals surface area contributed by atoms with Crippen LogP contribution in [0.1, 0.15) is 29.8 Å². The second kappa shape index (κ2) is 8.63. The third-order valence-electron chi connectivity index (χ3n) is 3.36. The van der Waals surface area contributed by atoms with E-state index in [9.17, 15) is 14.9 Å². The molecule has 0 aliphatic heterocycles. The molecule has 2 aromatic carbocycles. The van der Waals surface area contributed by atoms with Gasteiger partial charge in [0.2, 0.25) is 0 Å². The Morgan fingerprint density at radius 3 is 2.28 bits per heavy atom. The minimum atomic E-state index is -0.464. The molecule has 0 radical (unpaired) electrons. The number of allylic oxidation sites excluding steroid dienone is 1. The van der Waals surface area contributed by atoms with Gasteiger partial charge in [-0.3, -0.25) is 14.9 Å². The van der Waals surface area contributed by atoms with Crippen molar-refractivity contribution in [2.45, 2.75) is 13.8 Å². The van der Waals surface area contributed by atoms with Crippen molar-refractivity contribution < 1.29 is 19.2 Å². The fourth-order valence-corrected chi connectivity index (χ4v) is 2.18. The zero-order valence-corrected chi connectivity index (χ0v) is 14.1. The Morgan fingerprint density at radius 2 is 1.68 bits per heavy atom. The molecule has 0 atom stereocenters. The molecule has 0 saturated carbocycles. The van der Waals surface area contributed by atoms with E-state index < -0.39 is 4.92 Å². The molecule has 2 aromatic rings. The third kappa shape index (κ3) is 4.91. The molecule has 0 bridgehead atoms. The first-order chi connectivity index (χ1) is 12.0. The van der Waals surface area contributed by atoms with Crippen LogP contribution in [-0.2, 0) is 0 Å². The number of carbonyl (C=O) groups is 1. The maximum absolute atomic E-state index is 12.3. The first-order valence-electron chi connectivity index (χ1n) is 7.91. The molecular formula is C19H19NO5. The quantitative estimate of drug-likeness (QED) is 0.310. The van der Waals surface area contributed by atoms with Gasteiger partial charge >= 0.3 is 0 Å². The predicted molar refractivity (Wildman–Crippen MR) is 95.2 cm³/mol. The number of ketones is 1. The van der Waals surface area contributed by atoms with Crippen molar-refractivity contribution in [1.29, 1.82) is 0 Å². The van der Waals surface area contributed by atoms with Crippen molar-refractivity contribution in [2.75, 3.05) is 13.2 Å². The zero-order valence-electron chi connectivity index (χ0n) is 14.1. The smallest absolute Gasteiger partial charge is 0.269 e. The van der Waals surface area contributed by atoms with Gasteiger partial charge in [0.1, 0.15) is 0 Å². The average Bonchev–Trinajstić information content (AvgIpc) is 2.62. The SMILES string of the molecule is CCOc1ccc(C(=O)/C=C/c2ccc([N+](=O)[O-])cc2)cc1OCC. The molecule has 130 valence electrons. The highest BCUT2D eigenvalue weighted by atomic mass is 16.6. The Labute approximate surface area is 145 Å². The average molecular weight is 341 g/mol. The number of nitrogens with zero attached hydrogens (tertiary/aromatic N) is 1. The van der Waals surface area contributed by atoms with E-state index in [2.05, 4.69) is 0 Å². The molecule has 2 rings (SSSR count). The van der Waals surface area contributed by atoms with Crippen molar-refractivity contribution in [2.24, 2.45) is 0 Å². The van der Waals surface area contributed by atoms with E-state index in [1.54, 1.807) is 36.4 Å². The highest BCUT2D eigenvalue weighted by Crippen LogP contribution is 2.29. The van der Waals surface area contributed by atoms with Crippen LogP contribution in [-0.4, -0.2) is 23.9 Å². The van der Waals surface area contributed by atoms with Crippen LogP contribution in [0.5, 0.6) is 11.5 Å². The second-order valence-electron chi connectivity index (χ2n) is 5.07. The lowest BCUT2D eigenvalue weighted by Gasteiger charge is -2.11. The van der Waals surface area contributed by atoms with E-state index in [-0.39, 0.29) is 11.5 Å². The summed E-state index contributed by atoms with van der Waals surface area (Å²) in [5.41, 5.74) is 1.19. The van der Waals surface area contributed by atoms with Crippen LogP contribution in [0, 0.1) is 10.1 Å². The summed E-state index contributed by atoms with van der Waals surface area (Å²) in [6.07, 6.45) is 3.04. The normalized spacial score (nSPS) is 10.6.